The van der Waals surface area contributed by atoms with Gasteiger partial charge >= 0.3 is 5.97 Å². The van der Waals surface area contributed by atoms with Crippen molar-refractivity contribution < 1.29 is 14.6 Å². The van der Waals surface area contributed by atoms with Crippen LogP contribution in [0.1, 0.15) is 58.3 Å². The first kappa shape index (κ1) is 18.4. The van der Waals surface area contributed by atoms with Gasteiger partial charge in [0.1, 0.15) is 0 Å². The summed E-state index contributed by atoms with van der Waals surface area (Å²) < 4.78 is 5.00. The predicted octanol–water partition coefficient (Wildman–Crippen LogP) is 3.16. The molecule has 0 saturated carbocycles. The maximum Gasteiger partial charge on any atom is 0.317 e. The van der Waals surface area contributed by atoms with Crippen LogP contribution in [0.4, 0.5) is 0 Å². The Morgan fingerprint density at radius 3 is 2.16 bits per heavy atom. The molecule has 19 heavy (non-hydrogen) atoms. The topological polar surface area (TPSA) is 49.8 Å². The second-order valence-corrected chi connectivity index (χ2v) is 5.14. The van der Waals surface area contributed by atoms with Crippen molar-refractivity contribution >= 4 is 5.97 Å². The Kier molecular flexibility index (Phi) is 13.4. The van der Waals surface area contributed by atoms with Crippen LogP contribution in [0, 0.1) is 0 Å². The number of carbonyl (C=O) groups is 1. The van der Waals surface area contributed by atoms with Crippen molar-refractivity contribution in [2.45, 2.75) is 58.3 Å². The third-order valence-electron chi connectivity index (χ3n) is 3.26. The van der Waals surface area contributed by atoms with Crippen molar-refractivity contribution in [3.8, 4) is 0 Å². The zero-order valence-electron chi connectivity index (χ0n) is 12.7. The van der Waals surface area contributed by atoms with E-state index < -0.39 is 5.97 Å². The van der Waals surface area contributed by atoms with Gasteiger partial charge in [0.05, 0.1) is 6.54 Å². The minimum absolute atomic E-state index is 0.152. The Morgan fingerprint density at radius 2 is 1.58 bits per heavy atom. The number of nitrogens with zero attached hydrogens (tertiary/aromatic N) is 1. The molecule has 0 aromatic carbocycles. The molecular formula is C15H31NO3. The molecule has 4 nitrogen and oxygen atoms in total. The molecule has 0 aliphatic heterocycles. The summed E-state index contributed by atoms with van der Waals surface area (Å²) in [7, 11) is 1.68. The highest BCUT2D eigenvalue weighted by atomic mass is 16.5. The minimum Gasteiger partial charge on any atom is -0.480 e. The van der Waals surface area contributed by atoms with Gasteiger partial charge in [-0.2, -0.15) is 0 Å². The standard InChI is InChI=1S/C15H31NO3/c1-3-4-5-6-7-8-9-11-16(14-15(17)18)12-10-13-19-2/h3-14H2,1-2H3,(H,17,18). The van der Waals surface area contributed by atoms with Crippen LogP contribution >= 0.6 is 0 Å². The number of carboxylic acid groups (broad SMARTS) is 1. The highest BCUT2D eigenvalue weighted by Crippen LogP contribution is 2.07. The maximum atomic E-state index is 10.8. The first-order valence-electron chi connectivity index (χ1n) is 7.63. The van der Waals surface area contributed by atoms with Crippen LogP contribution < -0.4 is 0 Å². The molecule has 0 heterocycles. The van der Waals surface area contributed by atoms with E-state index in [0.717, 1.165) is 25.9 Å². The Labute approximate surface area is 118 Å². The first-order valence-corrected chi connectivity index (χ1v) is 7.63. The molecule has 0 fully saturated rings. The van der Waals surface area contributed by atoms with Gasteiger partial charge in [0.15, 0.2) is 0 Å². The summed E-state index contributed by atoms with van der Waals surface area (Å²) >= 11 is 0. The van der Waals surface area contributed by atoms with E-state index in [1.54, 1.807) is 7.11 Å². The largest absolute Gasteiger partial charge is 0.480 e. The number of aliphatic carboxylic acids is 1. The summed E-state index contributed by atoms with van der Waals surface area (Å²) in [5, 5.41) is 8.87. The fourth-order valence-corrected chi connectivity index (χ4v) is 2.19. The molecule has 0 unspecified atom stereocenters. The molecule has 0 aromatic heterocycles. The number of rotatable bonds is 14. The minimum atomic E-state index is -0.736. The molecular weight excluding hydrogens is 242 g/mol. The lowest BCUT2D eigenvalue weighted by Gasteiger charge is -2.19. The van der Waals surface area contributed by atoms with E-state index in [1.165, 1.54) is 38.5 Å². The maximum absolute atomic E-state index is 10.8. The number of methoxy groups -OCH3 is 1. The third-order valence-corrected chi connectivity index (χ3v) is 3.26. The van der Waals surface area contributed by atoms with Crippen LogP contribution in [-0.2, 0) is 9.53 Å². The van der Waals surface area contributed by atoms with Gasteiger partial charge in [-0.25, -0.2) is 0 Å². The van der Waals surface area contributed by atoms with Crippen molar-refractivity contribution in [1.82, 2.24) is 4.90 Å². The SMILES string of the molecule is CCCCCCCCCN(CCCOC)CC(=O)O. The van der Waals surface area contributed by atoms with Gasteiger partial charge in [0.25, 0.3) is 0 Å². The summed E-state index contributed by atoms with van der Waals surface area (Å²) in [4.78, 5) is 12.8. The van der Waals surface area contributed by atoms with Crippen LogP contribution in [0.15, 0.2) is 0 Å². The van der Waals surface area contributed by atoms with E-state index >= 15 is 0 Å². The van der Waals surface area contributed by atoms with E-state index in [2.05, 4.69) is 6.92 Å². The van der Waals surface area contributed by atoms with Crippen molar-refractivity contribution in [3.63, 3.8) is 0 Å². The molecule has 4 heteroatoms. The van der Waals surface area contributed by atoms with Gasteiger partial charge in [-0.1, -0.05) is 45.4 Å². The van der Waals surface area contributed by atoms with E-state index in [9.17, 15) is 4.79 Å². The Bertz CT molecular complexity index is 210. The average Bonchev–Trinajstić information content (AvgIpc) is 2.37. The van der Waals surface area contributed by atoms with Crippen LogP contribution in [-0.4, -0.2) is 49.3 Å². The smallest absolute Gasteiger partial charge is 0.317 e. The molecule has 114 valence electrons. The summed E-state index contributed by atoms with van der Waals surface area (Å²) in [5.41, 5.74) is 0. The van der Waals surface area contributed by atoms with Gasteiger partial charge in [-0.05, 0) is 19.4 Å². The van der Waals surface area contributed by atoms with Crippen molar-refractivity contribution in [2.75, 3.05) is 33.4 Å². The second-order valence-electron chi connectivity index (χ2n) is 5.14. The molecule has 0 aliphatic rings. The van der Waals surface area contributed by atoms with Crippen molar-refractivity contribution in [2.24, 2.45) is 0 Å². The molecule has 0 spiro atoms. The second kappa shape index (κ2) is 13.8. The monoisotopic (exact) mass is 273 g/mol. The quantitative estimate of drug-likeness (QED) is 0.494. The van der Waals surface area contributed by atoms with Crippen molar-refractivity contribution in [3.05, 3.63) is 0 Å². The highest BCUT2D eigenvalue weighted by Gasteiger charge is 2.08. The fourth-order valence-electron chi connectivity index (χ4n) is 2.19. The summed E-state index contributed by atoms with van der Waals surface area (Å²) in [5.74, 6) is -0.736. The number of hydrogen-bond acceptors (Lipinski definition) is 3. The Balaban J connectivity index is 3.58. The van der Waals surface area contributed by atoms with Crippen LogP contribution in [0.2, 0.25) is 0 Å². The molecule has 0 amide bonds. The zero-order valence-corrected chi connectivity index (χ0v) is 12.7. The number of unbranched alkanes of at least 4 members (excludes halogenated alkanes) is 6. The van der Waals surface area contributed by atoms with E-state index in [0.29, 0.717) is 6.61 Å². The summed E-state index contributed by atoms with van der Waals surface area (Å²) in [6, 6.07) is 0. The van der Waals surface area contributed by atoms with E-state index in [-0.39, 0.29) is 6.54 Å². The lowest BCUT2D eigenvalue weighted by atomic mass is 10.1. The van der Waals surface area contributed by atoms with Crippen molar-refractivity contribution in [1.29, 1.82) is 0 Å². The molecule has 0 aromatic rings. The number of carboxylic acids is 1. The fraction of sp³-hybridized carbons (Fsp3) is 0.933. The van der Waals surface area contributed by atoms with Gasteiger partial charge in [0.2, 0.25) is 0 Å². The number of hydrogen-bond donors (Lipinski definition) is 1. The molecule has 0 aliphatic carbocycles. The number of ether oxygens (including phenoxy) is 1. The van der Waals surface area contributed by atoms with Gasteiger partial charge in [-0.3, -0.25) is 9.69 Å². The molecule has 0 saturated heterocycles. The summed E-state index contributed by atoms with van der Waals surface area (Å²) in [6.07, 6.45) is 9.77. The Morgan fingerprint density at radius 1 is 1.00 bits per heavy atom. The predicted molar refractivity (Wildman–Crippen MR) is 78.6 cm³/mol. The highest BCUT2D eigenvalue weighted by molar-refractivity contribution is 5.69. The molecule has 0 bridgehead atoms. The Hall–Kier alpha value is -0.610. The van der Waals surface area contributed by atoms with E-state index in [4.69, 9.17) is 9.84 Å². The summed E-state index contributed by atoms with van der Waals surface area (Å²) in [6.45, 7) is 4.79. The molecule has 0 rings (SSSR count). The lowest BCUT2D eigenvalue weighted by molar-refractivity contribution is -0.138. The third kappa shape index (κ3) is 13.6. The van der Waals surface area contributed by atoms with Crippen LogP contribution in [0.5, 0.6) is 0 Å². The lowest BCUT2D eigenvalue weighted by Crippen LogP contribution is -2.32. The normalized spacial score (nSPS) is 11.1. The molecule has 0 radical (unpaired) electrons. The molecule has 1 N–H and O–H groups in total. The van der Waals surface area contributed by atoms with Gasteiger partial charge < -0.3 is 9.84 Å². The average molecular weight is 273 g/mol. The van der Waals surface area contributed by atoms with Gasteiger partial charge in [-0.15, -0.1) is 0 Å². The van der Waals surface area contributed by atoms with Gasteiger partial charge in [0, 0.05) is 20.3 Å². The molecule has 0 atom stereocenters. The van der Waals surface area contributed by atoms with E-state index in [1.807, 2.05) is 4.90 Å². The van der Waals surface area contributed by atoms with Crippen LogP contribution in [0.3, 0.4) is 0 Å². The van der Waals surface area contributed by atoms with Crippen LogP contribution in [0.25, 0.3) is 0 Å². The zero-order chi connectivity index (χ0) is 14.3. The first-order chi connectivity index (χ1) is 9.20.